The summed E-state index contributed by atoms with van der Waals surface area (Å²) >= 11 is 0. The number of piperidine rings is 5. The van der Waals surface area contributed by atoms with Gasteiger partial charge in [-0.1, -0.05) is 56.4 Å². The van der Waals surface area contributed by atoms with Crippen LogP contribution < -0.4 is 41.8 Å². The van der Waals surface area contributed by atoms with Gasteiger partial charge >= 0.3 is 0 Å². The van der Waals surface area contributed by atoms with E-state index in [1.165, 1.54) is 12.8 Å². The fourth-order valence-electron chi connectivity index (χ4n) is 16.5. The van der Waals surface area contributed by atoms with Crippen molar-refractivity contribution in [2.45, 2.75) is 192 Å². The standard InChI is InChI=1S/C20H23N3O2.C20H25N3O2.C20H24N2O2.C18H21N3O2.C17H19N3O2/c1-4-14-18(23-9-7-20(2,25-3)8-10-23)15-11-16(13-5-6-13)21-12-17(15)22-19(14)24;1-6-14-18(23-9-7-20(4,25-5)8-10-23)15-11-16(13(2)3)21-12-17(15)22-19(14)24;1-5-15-8-7-14-13-17(23)16(6-2)19(18(14)21-15)22-11-9-20(3,24-4)10-12-22;1-5-13-16(21-10-8-18(3,23-4)9-11-21)15-14(20-17(13)22)7-6-12(2)19-15;1-4-12-15(20-10-7-17(2,22-3)8-11-20)14-13(19-16(12)21)6-5-9-18-14/h1,11-13H,5-10H2,2-3H3,(H,22,24);1,11-13H,7-10H2,2-5H3,(H,22,24);2,7-8H,5,9-13H2,1,3-4H3;1,6-7H,8-11H2,2-4H3,(H,20,22);1,5-6,9H,7-8,10-11H2,2-3H3,(H,19,21). The summed E-state index contributed by atoms with van der Waals surface area (Å²) in [5, 5.41) is 1.97. The van der Waals surface area contributed by atoms with Gasteiger partial charge in [0.1, 0.15) is 33.3 Å². The number of pyridine rings is 9. The predicted octanol–water partition coefficient (Wildman–Crippen LogP) is 12.6. The molecular weight excluding hydrogens is 1500 g/mol. The summed E-state index contributed by atoms with van der Waals surface area (Å²) in [4.78, 5) is 107. The van der Waals surface area contributed by atoms with Crippen molar-refractivity contribution in [3.63, 3.8) is 0 Å². The van der Waals surface area contributed by atoms with Crippen molar-refractivity contribution in [1.82, 2.24) is 49.8 Å². The number of ether oxygens (including phenoxy) is 5. The molecule has 6 fully saturated rings. The minimum absolute atomic E-state index is 0.0196. The lowest BCUT2D eigenvalue weighted by atomic mass is 9.88. The molecule has 24 nitrogen and oxygen atoms in total. The van der Waals surface area contributed by atoms with Gasteiger partial charge in [-0.05, 0) is 179 Å². The molecule has 1 saturated carbocycles. The molecule has 0 bridgehead atoms. The Morgan fingerprint density at radius 2 is 0.866 bits per heavy atom. The topological polar surface area (TPSA) is 275 Å². The second-order valence-corrected chi connectivity index (χ2v) is 33.6. The second-order valence-electron chi connectivity index (χ2n) is 33.6. The third kappa shape index (κ3) is 18.7. The number of H-pyrrole nitrogens is 4. The lowest BCUT2D eigenvalue weighted by Gasteiger charge is -2.41. The Kier molecular flexibility index (Phi) is 26.6. The van der Waals surface area contributed by atoms with Crippen molar-refractivity contribution >= 4 is 78.1 Å². The first kappa shape index (κ1) is 86.9. The van der Waals surface area contributed by atoms with E-state index in [4.69, 9.17) is 60.8 Å². The number of carbonyl (C=O) groups excluding carboxylic acids is 1. The number of Topliss-reactive ketones (excluding diaryl/α,β-unsaturated/α-hetero) is 1. The van der Waals surface area contributed by atoms with Crippen LogP contribution in [0.25, 0.3) is 49.6 Å². The maximum Gasteiger partial charge on any atom is 0.266 e. The number of nitrogens with zero attached hydrogens (tertiary/aromatic N) is 10. The van der Waals surface area contributed by atoms with Crippen LogP contribution >= 0.6 is 0 Å². The summed E-state index contributed by atoms with van der Waals surface area (Å²) in [6.07, 6.45) is 46.0. The quantitative estimate of drug-likeness (QED) is 0.0781. The van der Waals surface area contributed by atoms with Crippen molar-refractivity contribution in [3.8, 4) is 61.7 Å². The van der Waals surface area contributed by atoms with E-state index in [1.54, 1.807) is 60.2 Å². The first-order valence-electron chi connectivity index (χ1n) is 41.3. The highest BCUT2D eigenvalue weighted by Gasteiger charge is 2.39. The van der Waals surface area contributed by atoms with E-state index in [0.717, 1.165) is 237 Å². The molecule has 0 radical (unpaired) electrons. The summed E-state index contributed by atoms with van der Waals surface area (Å²) in [6, 6.07) is 15.6. The number of fused-ring (bicyclic) bond motifs is 5. The Hall–Kier alpha value is -11.4. The number of nitrogens with one attached hydrogen (secondary N) is 4. The molecule has 9 aromatic rings. The number of aromatic nitrogens is 9. The van der Waals surface area contributed by atoms with Crippen LogP contribution in [0.5, 0.6) is 0 Å². The van der Waals surface area contributed by atoms with Crippen LogP contribution in [0, 0.1) is 68.6 Å². The first-order chi connectivity index (χ1) is 57.0. The molecule has 4 N–H and O–H groups in total. The summed E-state index contributed by atoms with van der Waals surface area (Å²) in [7, 11) is 8.77. The van der Waals surface area contributed by atoms with Crippen LogP contribution in [0.15, 0.2) is 91.9 Å². The van der Waals surface area contributed by atoms with Crippen molar-refractivity contribution < 1.29 is 28.5 Å². The van der Waals surface area contributed by atoms with Crippen molar-refractivity contribution in [2.24, 2.45) is 0 Å². The number of anilines is 4. The molecule has 14 heterocycles. The number of carbonyl (C=O) groups is 1. The lowest BCUT2D eigenvalue weighted by molar-refractivity contribution is -0.114. The number of allylic oxidation sites excluding steroid dienone is 1. The van der Waals surface area contributed by atoms with Gasteiger partial charge in [-0.25, -0.2) is 4.98 Å². The monoisotopic (exact) mass is 1610 g/mol. The van der Waals surface area contributed by atoms with E-state index < -0.39 is 0 Å². The van der Waals surface area contributed by atoms with Crippen molar-refractivity contribution in [2.75, 3.05) is 121 Å². The molecular formula is C95H112N14O10. The lowest BCUT2D eigenvalue weighted by Crippen LogP contribution is -2.44. The normalized spacial score (nSPS) is 18.3. The number of hydrogen-bond acceptors (Lipinski definition) is 20. The van der Waals surface area contributed by atoms with Gasteiger partial charge in [-0.3, -0.25) is 43.9 Å². The first-order valence-corrected chi connectivity index (χ1v) is 41.3. The van der Waals surface area contributed by atoms with E-state index in [-0.39, 0.29) is 56.0 Å². The highest BCUT2D eigenvalue weighted by molar-refractivity contribution is 6.10. The number of methoxy groups -OCH3 is 5. The van der Waals surface area contributed by atoms with Crippen LogP contribution in [0.1, 0.15) is 201 Å². The van der Waals surface area contributed by atoms with E-state index in [9.17, 15) is 24.0 Å². The summed E-state index contributed by atoms with van der Waals surface area (Å²) in [5.74, 6) is 13.8. The minimum atomic E-state index is -0.238. The zero-order valence-electron chi connectivity index (χ0n) is 71.4. The van der Waals surface area contributed by atoms with Crippen LogP contribution in [-0.2, 0) is 41.3 Å². The zero-order chi connectivity index (χ0) is 85.5. The Bertz CT molecular complexity index is 5670. The molecule has 0 unspecified atom stereocenters. The zero-order valence-corrected chi connectivity index (χ0v) is 71.4. The van der Waals surface area contributed by atoms with Gasteiger partial charge in [0.2, 0.25) is 0 Å². The van der Waals surface area contributed by atoms with E-state index in [0.29, 0.717) is 51.6 Å². The van der Waals surface area contributed by atoms with E-state index in [1.807, 2.05) is 37.3 Å². The highest BCUT2D eigenvalue weighted by Crippen LogP contribution is 2.43. The Balaban J connectivity index is 0.000000137. The Morgan fingerprint density at radius 3 is 1.28 bits per heavy atom. The summed E-state index contributed by atoms with van der Waals surface area (Å²) < 4.78 is 28.1. The van der Waals surface area contributed by atoms with Crippen LogP contribution in [0.2, 0.25) is 0 Å². The van der Waals surface area contributed by atoms with Crippen LogP contribution in [0.4, 0.5) is 22.7 Å². The molecule has 2 aliphatic carbocycles. The molecule has 7 aliphatic rings. The van der Waals surface area contributed by atoms with Crippen molar-refractivity contribution in [1.29, 1.82) is 0 Å². The molecule has 0 amide bonds. The molecule has 24 heteroatoms. The number of aromatic amines is 4. The molecule has 0 aromatic carbocycles. The van der Waals surface area contributed by atoms with Gasteiger partial charge in [0.25, 0.3) is 22.2 Å². The van der Waals surface area contributed by atoms with E-state index >= 15 is 0 Å². The van der Waals surface area contributed by atoms with Crippen LogP contribution in [-0.4, -0.2) is 185 Å². The van der Waals surface area contributed by atoms with Crippen LogP contribution in [0.3, 0.4) is 0 Å². The summed E-state index contributed by atoms with van der Waals surface area (Å²) in [5.41, 5.74) is 14.9. The number of hydrogen-bond donors (Lipinski definition) is 4. The smallest absolute Gasteiger partial charge is 0.266 e. The minimum Gasteiger partial charge on any atom is -0.378 e. The molecule has 5 aliphatic heterocycles. The SMILES string of the molecule is C#CC1=C(N2CCC(C)(OC)CC2)c2nc(CC)ccc2CC1=O.C#Cc1c(N2CCC(C)(OC)CC2)c2cc(C(C)C)ncc2[nH]c1=O.C#Cc1c(N2CCC(C)(OC)CC2)c2cc(C3CC3)ncc2[nH]c1=O.C#Cc1c(N2CCC(C)(OC)CC2)c2nc(C)ccc2[nH]c1=O.C#Cc1c(N2CCC(C)(OC)CC2)c2ncccc2[nH]c1=O. The molecule has 622 valence electrons. The number of likely N-dealkylation sites (tertiary alicyclic amines) is 1. The molecule has 9 aromatic heterocycles. The average Bonchev–Trinajstić information content (AvgIpc) is 1.76. The van der Waals surface area contributed by atoms with Gasteiger partial charge in [0.05, 0.1) is 102 Å². The Morgan fingerprint density at radius 1 is 0.471 bits per heavy atom. The number of terminal acetylenes is 5. The van der Waals surface area contributed by atoms with Crippen molar-refractivity contribution in [3.05, 3.63) is 170 Å². The molecule has 5 saturated heterocycles. The van der Waals surface area contributed by atoms with Gasteiger partial charge in [0.15, 0.2) is 5.78 Å². The molecule has 16 rings (SSSR count). The molecule has 0 atom stereocenters. The maximum absolute atomic E-state index is 12.5. The third-order valence-corrected chi connectivity index (χ3v) is 25.4. The van der Waals surface area contributed by atoms with E-state index in [2.05, 4.69) is 161 Å². The fraction of sp³-hybridized carbons (Fsp3) is 0.474. The van der Waals surface area contributed by atoms with Gasteiger partial charge in [-0.15, -0.1) is 32.1 Å². The van der Waals surface area contributed by atoms with Gasteiger partial charge in [-0.2, -0.15) is 0 Å². The third-order valence-electron chi connectivity index (χ3n) is 25.4. The number of ketones is 1. The average molecular weight is 1610 g/mol. The summed E-state index contributed by atoms with van der Waals surface area (Å²) in [6.45, 7) is 26.9. The second kappa shape index (κ2) is 36.4. The maximum atomic E-state index is 12.5. The fourth-order valence-corrected chi connectivity index (χ4v) is 16.5. The van der Waals surface area contributed by atoms with Gasteiger partial charge < -0.3 is 68.1 Å². The van der Waals surface area contributed by atoms with Gasteiger partial charge in [0, 0.05) is 153 Å². The Labute approximate surface area is 697 Å². The molecule has 119 heavy (non-hydrogen) atoms. The predicted molar refractivity (Wildman–Crippen MR) is 474 cm³/mol. The molecule has 0 spiro atoms. The largest absolute Gasteiger partial charge is 0.378 e. The highest BCUT2D eigenvalue weighted by atomic mass is 16.5. The number of aryl methyl sites for hydroxylation is 2. The number of rotatable bonds is 13.